The molecule has 1 atom stereocenters. The Morgan fingerprint density at radius 3 is 2.73 bits per heavy atom. The number of hydrogen-bond donors (Lipinski definition) is 1. The number of benzene rings is 1. The molecule has 7 nitrogen and oxygen atoms in total. The van der Waals surface area contributed by atoms with Crippen LogP contribution in [0.5, 0.6) is 5.75 Å². The second-order valence-corrected chi connectivity index (χ2v) is 10.4. The number of fused-ring (bicyclic) bond motifs is 1. The summed E-state index contributed by atoms with van der Waals surface area (Å²) >= 11 is 6.97. The standard InChI is InChI=1S/C29H32ClN3O4/c1-7-19-23(17(2)18-9-8-12-31-15-18)28(35)33(6)27(22(16-34)37-29(3,4)5)24(19)20-10-11-21-26(25(20)30)32-13-14-36-21/h7,10-12,15-16,22,32H,1-2,8-9,13-14H2,3-6H3/t22-/m0/s1. The van der Waals surface area contributed by atoms with Crippen LogP contribution in [0.25, 0.3) is 22.8 Å². The first-order valence-corrected chi connectivity index (χ1v) is 12.6. The van der Waals surface area contributed by atoms with Gasteiger partial charge in [-0.1, -0.05) is 30.8 Å². The number of anilines is 1. The Hall–Kier alpha value is -3.42. The van der Waals surface area contributed by atoms with E-state index in [0.717, 1.165) is 12.0 Å². The van der Waals surface area contributed by atoms with Gasteiger partial charge in [0, 0.05) is 37.1 Å². The van der Waals surface area contributed by atoms with Crippen LogP contribution >= 0.6 is 11.6 Å². The van der Waals surface area contributed by atoms with Crippen LogP contribution in [0.4, 0.5) is 5.69 Å². The Labute approximate surface area is 222 Å². The van der Waals surface area contributed by atoms with Crippen molar-refractivity contribution in [3.63, 3.8) is 0 Å². The summed E-state index contributed by atoms with van der Waals surface area (Å²) in [6.07, 6.45) is 6.32. The van der Waals surface area contributed by atoms with E-state index in [9.17, 15) is 9.59 Å². The summed E-state index contributed by atoms with van der Waals surface area (Å²) in [6.45, 7) is 15.0. The number of aliphatic imine (C=N–C) groups is 1. The molecule has 0 spiro atoms. The average molecular weight is 522 g/mol. The summed E-state index contributed by atoms with van der Waals surface area (Å²) in [5, 5.41) is 3.72. The van der Waals surface area contributed by atoms with E-state index in [1.807, 2.05) is 39.1 Å². The number of rotatable bonds is 7. The van der Waals surface area contributed by atoms with Crippen molar-refractivity contribution < 1.29 is 14.3 Å². The van der Waals surface area contributed by atoms with E-state index in [0.29, 0.717) is 75.8 Å². The Balaban J connectivity index is 2.10. The van der Waals surface area contributed by atoms with Crippen LogP contribution in [0.2, 0.25) is 5.02 Å². The fraction of sp³-hybridized carbons (Fsp3) is 0.345. The van der Waals surface area contributed by atoms with Crippen LogP contribution in [-0.4, -0.2) is 35.8 Å². The van der Waals surface area contributed by atoms with Crippen molar-refractivity contribution in [1.29, 1.82) is 0 Å². The fourth-order valence-electron chi connectivity index (χ4n) is 4.73. The highest BCUT2D eigenvalue weighted by atomic mass is 35.5. The Bertz CT molecular complexity index is 1400. The molecule has 0 fully saturated rings. The summed E-state index contributed by atoms with van der Waals surface area (Å²) in [7, 11) is 1.63. The Kier molecular flexibility index (Phi) is 7.57. The maximum Gasteiger partial charge on any atom is 0.259 e. The van der Waals surface area contributed by atoms with Crippen molar-refractivity contribution in [3.8, 4) is 16.9 Å². The predicted molar refractivity (Wildman–Crippen MR) is 151 cm³/mol. The third kappa shape index (κ3) is 5.06. The number of halogens is 1. The number of allylic oxidation sites excluding steroid dienone is 2. The van der Waals surface area contributed by atoms with E-state index in [2.05, 4.69) is 23.5 Å². The first-order chi connectivity index (χ1) is 17.6. The maximum absolute atomic E-state index is 13.9. The van der Waals surface area contributed by atoms with Crippen LogP contribution in [0, 0.1) is 0 Å². The lowest BCUT2D eigenvalue weighted by molar-refractivity contribution is -0.129. The van der Waals surface area contributed by atoms with Crippen molar-refractivity contribution in [2.24, 2.45) is 12.0 Å². The molecule has 0 saturated heterocycles. The summed E-state index contributed by atoms with van der Waals surface area (Å²) in [4.78, 5) is 30.6. The zero-order chi connectivity index (χ0) is 26.9. The molecule has 2 aromatic rings. The molecule has 1 N–H and O–H groups in total. The molecule has 0 unspecified atom stereocenters. The van der Waals surface area contributed by atoms with Gasteiger partial charge in [-0.05, 0) is 62.5 Å². The first kappa shape index (κ1) is 26.6. The highest BCUT2D eigenvalue weighted by molar-refractivity contribution is 6.36. The summed E-state index contributed by atoms with van der Waals surface area (Å²) in [5.41, 5.74) is 3.62. The molecular formula is C29H32ClN3O4. The van der Waals surface area contributed by atoms with Gasteiger partial charge in [-0.2, -0.15) is 0 Å². The fourth-order valence-corrected chi connectivity index (χ4v) is 5.05. The van der Waals surface area contributed by atoms with Crippen LogP contribution in [-0.2, 0) is 16.6 Å². The number of hydrogen-bond acceptors (Lipinski definition) is 6. The summed E-state index contributed by atoms with van der Waals surface area (Å²) in [5.74, 6) is 0.638. The minimum atomic E-state index is -1.04. The maximum atomic E-state index is 13.9. The molecule has 194 valence electrons. The van der Waals surface area contributed by atoms with Gasteiger partial charge >= 0.3 is 0 Å². The largest absolute Gasteiger partial charge is 0.490 e. The second-order valence-electron chi connectivity index (χ2n) is 9.98. The van der Waals surface area contributed by atoms with Crippen molar-refractivity contribution >= 4 is 41.4 Å². The lowest BCUT2D eigenvalue weighted by Crippen LogP contribution is -2.32. The van der Waals surface area contributed by atoms with Gasteiger partial charge in [-0.25, -0.2) is 0 Å². The minimum absolute atomic E-state index is 0.311. The molecule has 2 aliphatic rings. The normalized spacial score (nSPS) is 15.6. The molecule has 2 aliphatic heterocycles. The number of carbonyl (C=O) groups excluding carboxylic acids is 1. The van der Waals surface area contributed by atoms with Gasteiger partial charge in [0.25, 0.3) is 5.56 Å². The monoisotopic (exact) mass is 521 g/mol. The number of pyridine rings is 1. The third-order valence-corrected chi connectivity index (χ3v) is 6.75. The van der Waals surface area contributed by atoms with E-state index in [4.69, 9.17) is 21.1 Å². The van der Waals surface area contributed by atoms with Gasteiger partial charge < -0.3 is 24.2 Å². The van der Waals surface area contributed by atoms with Gasteiger partial charge in [0.15, 0.2) is 12.4 Å². The number of ether oxygens (including phenoxy) is 2. The van der Waals surface area contributed by atoms with Gasteiger partial charge in [0.05, 0.1) is 27.6 Å². The van der Waals surface area contributed by atoms with Crippen LogP contribution in [0.1, 0.15) is 56.5 Å². The van der Waals surface area contributed by atoms with Crippen molar-refractivity contribution in [3.05, 3.63) is 69.3 Å². The number of aromatic nitrogens is 1. The minimum Gasteiger partial charge on any atom is -0.490 e. The molecule has 0 aliphatic carbocycles. The quantitative estimate of drug-likeness (QED) is 0.454. The van der Waals surface area contributed by atoms with E-state index in [-0.39, 0.29) is 5.56 Å². The van der Waals surface area contributed by atoms with Gasteiger partial charge in [0.2, 0.25) is 0 Å². The lowest BCUT2D eigenvalue weighted by atomic mass is 9.86. The lowest BCUT2D eigenvalue weighted by Gasteiger charge is -2.30. The molecule has 37 heavy (non-hydrogen) atoms. The number of nitrogens with one attached hydrogen (secondary N) is 1. The smallest absolute Gasteiger partial charge is 0.259 e. The predicted octanol–water partition coefficient (Wildman–Crippen LogP) is 5.97. The summed E-state index contributed by atoms with van der Waals surface area (Å²) < 4.78 is 13.4. The van der Waals surface area contributed by atoms with Gasteiger partial charge in [-0.15, -0.1) is 0 Å². The van der Waals surface area contributed by atoms with E-state index >= 15 is 0 Å². The molecule has 3 heterocycles. The van der Waals surface area contributed by atoms with Crippen LogP contribution in [0.3, 0.4) is 0 Å². The molecule has 0 radical (unpaired) electrons. The third-order valence-electron chi connectivity index (χ3n) is 6.35. The average Bonchev–Trinajstić information content (AvgIpc) is 2.89. The zero-order valence-corrected chi connectivity index (χ0v) is 22.4. The van der Waals surface area contributed by atoms with Gasteiger partial charge in [0.1, 0.15) is 12.4 Å². The van der Waals surface area contributed by atoms with Gasteiger partial charge in [-0.3, -0.25) is 9.79 Å². The molecule has 0 bridgehead atoms. The molecule has 0 saturated carbocycles. The summed E-state index contributed by atoms with van der Waals surface area (Å²) in [6, 6.07) is 3.66. The number of carbonyl (C=O) groups is 1. The number of nitrogens with zero attached hydrogens (tertiary/aromatic N) is 2. The topological polar surface area (TPSA) is 81.9 Å². The molecule has 4 rings (SSSR count). The van der Waals surface area contributed by atoms with Crippen LogP contribution < -0.4 is 15.6 Å². The Morgan fingerprint density at radius 2 is 2.11 bits per heavy atom. The Morgan fingerprint density at radius 1 is 1.35 bits per heavy atom. The van der Waals surface area contributed by atoms with Crippen molar-refractivity contribution in [1.82, 2.24) is 4.57 Å². The van der Waals surface area contributed by atoms with Crippen LogP contribution in [0.15, 0.2) is 46.9 Å². The number of aldehydes is 1. The van der Waals surface area contributed by atoms with Crippen molar-refractivity contribution in [2.75, 3.05) is 18.5 Å². The second kappa shape index (κ2) is 10.5. The van der Waals surface area contributed by atoms with E-state index < -0.39 is 11.7 Å². The van der Waals surface area contributed by atoms with E-state index in [1.165, 1.54) is 4.57 Å². The highest BCUT2D eigenvalue weighted by Crippen LogP contribution is 2.46. The highest BCUT2D eigenvalue weighted by Gasteiger charge is 2.32. The SMILES string of the molecule is C=Cc1c(-c2ccc3c(c2Cl)NCCO3)c([C@H](C=O)OC(C)(C)C)n(C)c(=O)c1C(=C)C1=CN=CCC1. The zero-order valence-electron chi connectivity index (χ0n) is 21.7. The molecule has 8 heteroatoms. The van der Waals surface area contributed by atoms with Crippen molar-refractivity contribution in [2.45, 2.75) is 45.3 Å². The molecule has 1 aromatic carbocycles. The molecular weight excluding hydrogens is 490 g/mol. The first-order valence-electron chi connectivity index (χ1n) is 12.2. The molecule has 0 amide bonds. The van der Waals surface area contributed by atoms with E-state index in [1.54, 1.807) is 19.3 Å². The molecule has 1 aromatic heterocycles.